The zero-order valence-corrected chi connectivity index (χ0v) is 19.5. The largest absolute Gasteiger partial charge is 0.481 e. The molecule has 35 heavy (non-hydrogen) atoms. The lowest BCUT2D eigenvalue weighted by molar-refractivity contribution is -0.152. The Balaban J connectivity index is 1.71. The maximum Gasteiger partial charge on any atom is 0.326 e. The summed E-state index contributed by atoms with van der Waals surface area (Å²) in [6.07, 6.45) is 1.57. The highest BCUT2D eigenvalue weighted by Gasteiger charge is 2.43. The quantitative estimate of drug-likeness (QED) is 0.356. The van der Waals surface area contributed by atoms with Gasteiger partial charge in [-0.2, -0.15) is 0 Å². The molecule has 2 aliphatic rings. The number of benzene rings is 1. The topological polar surface area (TPSA) is 170 Å². The highest BCUT2D eigenvalue weighted by molar-refractivity contribution is 5.95. The van der Waals surface area contributed by atoms with Crippen molar-refractivity contribution in [2.45, 2.75) is 69.1 Å². The van der Waals surface area contributed by atoms with Gasteiger partial charge in [0.05, 0.1) is 6.04 Å². The molecule has 2 heterocycles. The predicted molar refractivity (Wildman–Crippen MR) is 124 cm³/mol. The van der Waals surface area contributed by atoms with Crippen LogP contribution in [-0.4, -0.2) is 86.9 Å². The van der Waals surface area contributed by atoms with Crippen LogP contribution in [0.15, 0.2) is 30.3 Å². The first-order chi connectivity index (χ1) is 16.7. The summed E-state index contributed by atoms with van der Waals surface area (Å²) in [6, 6.07) is 5.25. The summed E-state index contributed by atoms with van der Waals surface area (Å²) in [6.45, 7) is 0.568. The Labute approximate surface area is 203 Å². The minimum absolute atomic E-state index is 0.156. The smallest absolute Gasteiger partial charge is 0.326 e. The van der Waals surface area contributed by atoms with Gasteiger partial charge in [-0.1, -0.05) is 30.3 Å². The van der Waals surface area contributed by atoms with Crippen molar-refractivity contribution in [3.63, 3.8) is 0 Å². The molecule has 4 atom stereocenters. The lowest BCUT2D eigenvalue weighted by Crippen LogP contribution is -2.57. The summed E-state index contributed by atoms with van der Waals surface area (Å²) >= 11 is 0. The number of carboxylic acid groups (broad SMARTS) is 2. The second kappa shape index (κ2) is 11.8. The fourth-order valence-electron chi connectivity index (χ4n) is 4.73. The lowest BCUT2D eigenvalue weighted by atomic mass is 10.0. The molecule has 0 spiro atoms. The van der Waals surface area contributed by atoms with E-state index >= 15 is 0 Å². The van der Waals surface area contributed by atoms with Crippen LogP contribution in [0, 0.1) is 0 Å². The molecular formula is C24H32N4O7. The van der Waals surface area contributed by atoms with Crippen molar-refractivity contribution in [2.75, 3.05) is 13.1 Å². The summed E-state index contributed by atoms with van der Waals surface area (Å²) in [5.41, 5.74) is 6.88. The summed E-state index contributed by atoms with van der Waals surface area (Å²) < 4.78 is 0. The Morgan fingerprint density at radius 1 is 0.971 bits per heavy atom. The molecule has 4 unspecified atom stereocenters. The number of amides is 3. The summed E-state index contributed by atoms with van der Waals surface area (Å²) in [4.78, 5) is 64.7. The average Bonchev–Trinajstić information content (AvgIpc) is 3.51. The van der Waals surface area contributed by atoms with Crippen LogP contribution in [0.2, 0.25) is 0 Å². The Hall–Kier alpha value is -3.47. The van der Waals surface area contributed by atoms with Crippen molar-refractivity contribution >= 4 is 29.7 Å². The predicted octanol–water partition coefficient (Wildman–Crippen LogP) is -0.0274. The van der Waals surface area contributed by atoms with E-state index in [1.165, 1.54) is 9.80 Å². The van der Waals surface area contributed by atoms with Gasteiger partial charge < -0.3 is 31.1 Å². The average molecular weight is 489 g/mol. The first-order valence-electron chi connectivity index (χ1n) is 11.8. The Kier molecular flexibility index (Phi) is 8.80. The van der Waals surface area contributed by atoms with Gasteiger partial charge in [-0.15, -0.1) is 0 Å². The highest BCUT2D eigenvalue weighted by atomic mass is 16.4. The fraction of sp³-hybridized carbons (Fsp3) is 0.542. The standard InChI is InChI=1S/C24H32N4O7/c25-16(14-15-6-2-1-3-7-15)21(31)26-17(10-11-20(29)30)22(32)27-12-4-8-18(27)23(33)28-13-5-9-19(28)24(34)35/h1-3,6-7,16-19H,4-5,8-14,25H2,(H,26,31)(H,29,30)(H,34,35). The number of rotatable bonds is 10. The van der Waals surface area contributed by atoms with Crippen molar-refractivity contribution in [1.82, 2.24) is 15.1 Å². The lowest BCUT2D eigenvalue weighted by Gasteiger charge is -2.32. The number of aliphatic carboxylic acids is 2. The van der Waals surface area contributed by atoms with Crippen molar-refractivity contribution in [2.24, 2.45) is 5.73 Å². The molecule has 3 rings (SSSR count). The molecule has 11 nitrogen and oxygen atoms in total. The van der Waals surface area contributed by atoms with Gasteiger partial charge in [0.1, 0.15) is 18.1 Å². The molecule has 5 N–H and O–H groups in total. The Morgan fingerprint density at radius 3 is 2.23 bits per heavy atom. The van der Waals surface area contributed by atoms with Crippen molar-refractivity contribution in [3.05, 3.63) is 35.9 Å². The van der Waals surface area contributed by atoms with Crippen LogP contribution in [-0.2, 0) is 30.4 Å². The maximum absolute atomic E-state index is 13.4. The molecule has 0 saturated carbocycles. The Bertz CT molecular complexity index is 954. The third-order valence-electron chi connectivity index (χ3n) is 6.54. The van der Waals surface area contributed by atoms with E-state index in [1.807, 2.05) is 30.3 Å². The van der Waals surface area contributed by atoms with Crippen LogP contribution in [0.25, 0.3) is 0 Å². The molecule has 11 heteroatoms. The molecule has 2 fully saturated rings. The van der Waals surface area contributed by atoms with Gasteiger partial charge in [-0.25, -0.2) is 4.79 Å². The fourth-order valence-corrected chi connectivity index (χ4v) is 4.73. The highest BCUT2D eigenvalue weighted by Crippen LogP contribution is 2.26. The van der Waals surface area contributed by atoms with E-state index in [0.717, 1.165) is 5.56 Å². The van der Waals surface area contributed by atoms with Crippen LogP contribution in [0.3, 0.4) is 0 Å². The number of nitrogens with zero attached hydrogens (tertiary/aromatic N) is 2. The van der Waals surface area contributed by atoms with Gasteiger partial charge in [-0.05, 0) is 44.1 Å². The molecule has 1 aromatic rings. The molecule has 0 radical (unpaired) electrons. The molecule has 190 valence electrons. The van der Waals surface area contributed by atoms with Crippen molar-refractivity contribution in [1.29, 1.82) is 0 Å². The van der Waals surface area contributed by atoms with E-state index < -0.39 is 53.8 Å². The van der Waals surface area contributed by atoms with Gasteiger partial charge in [0.25, 0.3) is 0 Å². The molecule has 3 amide bonds. The minimum Gasteiger partial charge on any atom is -0.481 e. The number of nitrogens with two attached hydrogens (primary N) is 1. The summed E-state index contributed by atoms with van der Waals surface area (Å²) in [5.74, 6) is -3.78. The first kappa shape index (κ1) is 26.1. The van der Waals surface area contributed by atoms with E-state index in [-0.39, 0.29) is 25.8 Å². The number of hydrogen-bond acceptors (Lipinski definition) is 6. The molecule has 1 aromatic carbocycles. The monoisotopic (exact) mass is 488 g/mol. The van der Waals surface area contributed by atoms with E-state index in [1.54, 1.807) is 0 Å². The Morgan fingerprint density at radius 2 is 1.60 bits per heavy atom. The zero-order chi connectivity index (χ0) is 25.5. The van der Waals surface area contributed by atoms with Gasteiger partial charge in [0.2, 0.25) is 17.7 Å². The van der Waals surface area contributed by atoms with Crippen LogP contribution in [0.4, 0.5) is 0 Å². The van der Waals surface area contributed by atoms with Crippen LogP contribution < -0.4 is 11.1 Å². The van der Waals surface area contributed by atoms with Gasteiger partial charge in [0.15, 0.2) is 0 Å². The van der Waals surface area contributed by atoms with Crippen molar-refractivity contribution in [3.8, 4) is 0 Å². The molecule has 0 aromatic heterocycles. The number of hydrogen-bond donors (Lipinski definition) is 4. The normalized spacial score (nSPS) is 21.4. The number of likely N-dealkylation sites (tertiary alicyclic amines) is 2. The molecule has 2 aliphatic heterocycles. The molecule has 0 aliphatic carbocycles. The second-order valence-corrected chi connectivity index (χ2v) is 9.01. The summed E-state index contributed by atoms with van der Waals surface area (Å²) in [5, 5.41) is 21.1. The summed E-state index contributed by atoms with van der Waals surface area (Å²) in [7, 11) is 0. The minimum atomic E-state index is -1.16. The zero-order valence-electron chi connectivity index (χ0n) is 19.5. The van der Waals surface area contributed by atoms with Gasteiger partial charge in [0, 0.05) is 19.5 Å². The molecular weight excluding hydrogens is 456 g/mol. The second-order valence-electron chi connectivity index (χ2n) is 9.01. The molecule has 0 bridgehead atoms. The van der Waals surface area contributed by atoms with Crippen LogP contribution in [0.5, 0.6) is 0 Å². The number of nitrogens with one attached hydrogen (secondary N) is 1. The van der Waals surface area contributed by atoms with Gasteiger partial charge >= 0.3 is 11.9 Å². The third kappa shape index (κ3) is 6.56. The SMILES string of the molecule is NC(Cc1ccccc1)C(=O)NC(CCC(=O)O)C(=O)N1CCCC1C(=O)N1CCCC1C(=O)O. The van der Waals surface area contributed by atoms with Crippen LogP contribution >= 0.6 is 0 Å². The number of carbonyl (C=O) groups is 5. The van der Waals surface area contributed by atoms with E-state index in [2.05, 4.69) is 5.32 Å². The van der Waals surface area contributed by atoms with E-state index in [9.17, 15) is 29.1 Å². The maximum atomic E-state index is 13.4. The van der Waals surface area contributed by atoms with Gasteiger partial charge in [-0.3, -0.25) is 19.2 Å². The van der Waals surface area contributed by atoms with Crippen LogP contribution in [0.1, 0.15) is 44.1 Å². The number of carbonyl (C=O) groups excluding carboxylic acids is 3. The van der Waals surface area contributed by atoms with Crippen molar-refractivity contribution < 1.29 is 34.2 Å². The van der Waals surface area contributed by atoms with E-state index in [4.69, 9.17) is 10.8 Å². The number of carboxylic acids is 2. The third-order valence-corrected chi connectivity index (χ3v) is 6.54. The van der Waals surface area contributed by atoms with E-state index in [0.29, 0.717) is 32.2 Å². The first-order valence-corrected chi connectivity index (χ1v) is 11.8. The molecule has 2 saturated heterocycles.